The second-order valence-electron chi connectivity index (χ2n) is 6.97. The Balaban J connectivity index is 2.00. The molecule has 1 aliphatic rings. The van der Waals surface area contributed by atoms with Gasteiger partial charge in [0.1, 0.15) is 0 Å². The third-order valence-electron chi connectivity index (χ3n) is 4.21. The van der Waals surface area contributed by atoms with E-state index in [9.17, 15) is 0 Å². The molecule has 0 spiro atoms. The molecule has 21 heavy (non-hydrogen) atoms. The van der Waals surface area contributed by atoms with Gasteiger partial charge >= 0.3 is 0 Å². The highest BCUT2D eigenvalue weighted by Crippen LogP contribution is 2.35. The lowest BCUT2D eigenvalue weighted by Crippen LogP contribution is -2.43. The van der Waals surface area contributed by atoms with Crippen molar-refractivity contribution in [1.29, 1.82) is 0 Å². The lowest BCUT2D eigenvalue weighted by molar-refractivity contribution is 0.586. The van der Waals surface area contributed by atoms with Crippen molar-refractivity contribution in [3.63, 3.8) is 0 Å². The van der Waals surface area contributed by atoms with Crippen molar-refractivity contribution in [3.8, 4) is 0 Å². The first-order chi connectivity index (χ1) is 9.91. The van der Waals surface area contributed by atoms with E-state index in [2.05, 4.69) is 75.5 Å². The largest absolute Gasteiger partial charge is 0.326 e. The molecule has 1 heterocycles. The van der Waals surface area contributed by atoms with E-state index in [-0.39, 0.29) is 11.5 Å². The summed E-state index contributed by atoms with van der Waals surface area (Å²) in [6.45, 7) is 9.07. The van der Waals surface area contributed by atoms with Crippen LogP contribution < -0.4 is 5.73 Å². The molecule has 118 valence electrons. The highest BCUT2D eigenvalue weighted by atomic mass is 32.2. The summed E-state index contributed by atoms with van der Waals surface area (Å²) < 4.78 is 0. The number of hydrogen-bond donors (Lipinski definition) is 1. The van der Waals surface area contributed by atoms with Gasteiger partial charge in [-0.1, -0.05) is 52.0 Å². The van der Waals surface area contributed by atoms with Crippen molar-refractivity contribution in [2.75, 3.05) is 11.5 Å². The van der Waals surface area contributed by atoms with E-state index in [4.69, 9.17) is 5.73 Å². The fourth-order valence-corrected chi connectivity index (χ4v) is 6.06. The summed E-state index contributed by atoms with van der Waals surface area (Å²) in [5.41, 5.74) is 9.54. The molecule has 2 rings (SSSR count). The van der Waals surface area contributed by atoms with Crippen LogP contribution in [0.2, 0.25) is 0 Å². The molecule has 3 unspecified atom stereocenters. The van der Waals surface area contributed by atoms with E-state index in [1.165, 1.54) is 29.1 Å². The molecule has 1 aromatic rings. The van der Waals surface area contributed by atoms with Crippen LogP contribution in [-0.2, 0) is 11.8 Å². The Morgan fingerprint density at radius 2 is 1.76 bits per heavy atom. The summed E-state index contributed by atoms with van der Waals surface area (Å²) in [6.07, 6.45) is 2.23. The number of rotatable bonds is 4. The minimum Gasteiger partial charge on any atom is -0.326 e. The van der Waals surface area contributed by atoms with Crippen molar-refractivity contribution in [2.24, 2.45) is 5.73 Å². The summed E-state index contributed by atoms with van der Waals surface area (Å²) >= 11 is 4.20. The first-order valence-electron chi connectivity index (χ1n) is 8.00. The standard InChI is InChI=1S/C18H29NS2/c1-5-16-17(21-11-10-20-16)15(19)12-13-6-8-14(9-7-13)18(2,3)4/h6-9,15-17H,5,10-12,19H2,1-4H3. The number of thioether (sulfide) groups is 2. The first kappa shape index (κ1) is 17.2. The molecule has 0 aliphatic carbocycles. The van der Waals surface area contributed by atoms with Gasteiger partial charge in [0.15, 0.2) is 0 Å². The van der Waals surface area contributed by atoms with Crippen LogP contribution in [0.3, 0.4) is 0 Å². The third-order valence-corrected chi connectivity index (χ3v) is 7.64. The lowest BCUT2D eigenvalue weighted by Gasteiger charge is -2.34. The summed E-state index contributed by atoms with van der Waals surface area (Å²) in [6, 6.07) is 9.34. The molecule has 1 fully saturated rings. The van der Waals surface area contributed by atoms with Crippen molar-refractivity contribution >= 4 is 23.5 Å². The number of hydrogen-bond acceptors (Lipinski definition) is 3. The Hall–Kier alpha value is -0.120. The number of benzene rings is 1. The predicted octanol–water partition coefficient (Wildman–Crippen LogP) is 4.48. The maximum absolute atomic E-state index is 6.54. The van der Waals surface area contributed by atoms with Gasteiger partial charge in [-0.2, -0.15) is 23.5 Å². The molecule has 3 atom stereocenters. The molecule has 0 bridgehead atoms. The predicted molar refractivity (Wildman–Crippen MR) is 99.6 cm³/mol. The van der Waals surface area contributed by atoms with E-state index in [0.29, 0.717) is 5.25 Å². The molecule has 1 nitrogen and oxygen atoms in total. The topological polar surface area (TPSA) is 26.0 Å². The highest BCUT2D eigenvalue weighted by Gasteiger charge is 2.30. The van der Waals surface area contributed by atoms with Crippen LogP contribution >= 0.6 is 23.5 Å². The summed E-state index contributed by atoms with van der Waals surface area (Å²) in [5.74, 6) is 2.54. The molecule has 1 aliphatic heterocycles. The molecule has 0 amide bonds. The van der Waals surface area contributed by atoms with Gasteiger partial charge < -0.3 is 5.73 Å². The molecule has 1 aromatic carbocycles. The minimum atomic E-state index is 0.226. The van der Waals surface area contributed by atoms with Crippen LogP contribution in [0.5, 0.6) is 0 Å². The van der Waals surface area contributed by atoms with Gasteiger partial charge in [-0.3, -0.25) is 0 Å². The van der Waals surface area contributed by atoms with Gasteiger partial charge in [0, 0.05) is 28.0 Å². The van der Waals surface area contributed by atoms with Gasteiger partial charge in [-0.15, -0.1) is 0 Å². The summed E-state index contributed by atoms with van der Waals surface area (Å²) in [4.78, 5) is 0. The summed E-state index contributed by atoms with van der Waals surface area (Å²) in [7, 11) is 0. The lowest BCUT2D eigenvalue weighted by atomic mass is 9.86. The fraction of sp³-hybridized carbons (Fsp3) is 0.667. The Morgan fingerprint density at radius 3 is 2.33 bits per heavy atom. The van der Waals surface area contributed by atoms with Crippen molar-refractivity contribution in [3.05, 3.63) is 35.4 Å². The van der Waals surface area contributed by atoms with E-state index in [1.807, 2.05) is 0 Å². The van der Waals surface area contributed by atoms with E-state index < -0.39 is 0 Å². The Labute approximate surface area is 138 Å². The molecular weight excluding hydrogens is 294 g/mol. The molecule has 1 saturated heterocycles. The average molecular weight is 324 g/mol. The van der Waals surface area contributed by atoms with Crippen LogP contribution in [0.4, 0.5) is 0 Å². The van der Waals surface area contributed by atoms with E-state index >= 15 is 0 Å². The normalized spacial score (nSPS) is 24.8. The molecule has 2 N–H and O–H groups in total. The van der Waals surface area contributed by atoms with Crippen molar-refractivity contribution < 1.29 is 0 Å². The maximum atomic E-state index is 6.54. The minimum absolute atomic E-state index is 0.226. The van der Waals surface area contributed by atoms with Crippen molar-refractivity contribution in [1.82, 2.24) is 0 Å². The van der Waals surface area contributed by atoms with Crippen LogP contribution in [0.25, 0.3) is 0 Å². The molecular formula is C18H29NS2. The maximum Gasteiger partial charge on any atom is 0.0321 e. The van der Waals surface area contributed by atoms with Crippen LogP contribution in [-0.4, -0.2) is 28.0 Å². The van der Waals surface area contributed by atoms with Gasteiger partial charge in [0.2, 0.25) is 0 Å². The Kier molecular flexibility index (Phi) is 6.10. The zero-order valence-electron chi connectivity index (χ0n) is 13.8. The van der Waals surface area contributed by atoms with Gasteiger partial charge in [0.05, 0.1) is 0 Å². The van der Waals surface area contributed by atoms with Gasteiger partial charge in [0.25, 0.3) is 0 Å². The first-order valence-corrected chi connectivity index (χ1v) is 10.1. The monoisotopic (exact) mass is 323 g/mol. The average Bonchev–Trinajstić information content (AvgIpc) is 2.46. The molecule has 0 saturated carbocycles. The summed E-state index contributed by atoms with van der Waals surface area (Å²) in [5, 5.41) is 1.34. The second kappa shape index (κ2) is 7.43. The number of nitrogens with two attached hydrogens (primary N) is 1. The van der Waals surface area contributed by atoms with Crippen LogP contribution in [0.15, 0.2) is 24.3 Å². The molecule has 0 aromatic heterocycles. The Morgan fingerprint density at radius 1 is 1.14 bits per heavy atom. The SMILES string of the molecule is CCC1SCCSC1C(N)Cc1ccc(C(C)(C)C)cc1. The van der Waals surface area contributed by atoms with Gasteiger partial charge in [-0.05, 0) is 29.4 Å². The zero-order chi connectivity index (χ0) is 15.5. The third kappa shape index (κ3) is 4.67. The molecule has 0 radical (unpaired) electrons. The van der Waals surface area contributed by atoms with Crippen molar-refractivity contribution in [2.45, 2.75) is 62.5 Å². The zero-order valence-corrected chi connectivity index (χ0v) is 15.4. The van der Waals surface area contributed by atoms with Crippen LogP contribution in [0, 0.1) is 0 Å². The molecule has 3 heteroatoms. The van der Waals surface area contributed by atoms with Gasteiger partial charge in [-0.25, -0.2) is 0 Å². The van der Waals surface area contributed by atoms with Crippen LogP contribution in [0.1, 0.15) is 45.2 Å². The Bertz CT molecular complexity index is 436. The smallest absolute Gasteiger partial charge is 0.0321 e. The van der Waals surface area contributed by atoms with E-state index in [0.717, 1.165) is 11.7 Å². The fourth-order valence-electron chi connectivity index (χ4n) is 2.86. The highest BCUT2D eigenvalue weighted by molar-refractivity contribution is 8.07. The second-order valence-corrected chi connectivity index (χ2v) is 9.60. The van der Waals surface area contributed by atoms with E-state index in [1.54, 1.807) is 0 Å². The quantitative estimate of drug-likeness (QED) is 0.884.